The Kier molecular flexibility index (Phi) is 9.11. The predicted molar refractivity (Wildman–Crippen MR) is 135 cm³/mol. The zero-order valence-electron chi connectivity index (χ0n) is 21.3. The Morgan fingerprint density at radius 3 is 1.66 bits per heavy atom. The number of fused-ring (bicyclic) bond motifs is 1. The van der Waals surface area contributed by atoms with Gasteiger partial charge in [0.05, 0.1) is 39.6 Å². The Morgan fingerprint density at radius 1 is 0.600 bits per heavy atom. The third kappa shape index (κ3) is 5.58. The molecule has 3 rings (SSSR count). The smallest absolute Gasteiger partial charge is 0.239 e. The van der Waals surface area contributed by atoms with Gasteiger partial charge in [-0.1, -0.05) is 0 Å². The van der Waals surface area contributed by atoms with Crippen LogP contribution in [0.15, 0.2) is 33.5 Å². The van der Waals surface area contributed by atoms with E-state index in [1.165, 1.54) is 0 Å². The summed E-state index contributed by atoms with van der Waals surface area (Å²) in [4.78, 5) is 13.7. The van der Waals surface area contributed by atoms with Crippen molar-refractivity contribution in [2.24, 2.45) is 0 Å². The van der Waals surface area contributed by atoms with Gasteiger partial charge in [0.15, 0.2) is 17.3 Å². The summed E-state index contributed by atoms with van der Waals surface area (Å²) in [6.45, 7) is 13.6. The lowest BCUT2D eigenvalue weighted by Gasteiger charge is -2.18. The molecule has 3 aromatic rings. The minimum absolute atomic E-state index is 0.0826. The predicted octanol–water partition coefficient (Wildman–Crippen LogP) is 5.85. The number of benzene rings is 2. The molecule has 0 fully saturated rings. The van der Waals surface area contributed by atoms with Crippen molar-refractivity contribution in [1.82, 2.24) is 0 Å². The van der Waals surface area contributed by atoms with Crippen LogP contribution in [0.1, 0.15) is 41.5 Å². The van der Waals surface area contributed by atoms with E-state index in [1.54, 1.807) is 24.3 Å². The summed E-state index contributed by atoms with van der Waals surface area (Å²) in [7, 11) is 0. The van der Waals surface area contributed by atoms with E-state index in [-0.39, 0.29) is 23.5 Å². The molecule has 1 aromatic heterocycles. The van der Waals surface area contributed by atoms with Crippen molar-refractivity contribution in [2.45, 2.75) is 41.5 Å². The Bertz CT molecular complexity index is 1170. The molecule has 0 N–H and O–H groups in total. The number of hydrogen-bond donors (Lipinski definition) is 0. The Labute approximate surface area is 205 Å². The maximum absolute atomic E-state index is 13.7. The quantitative estimate of drug-likeness (QED) is 0.297. The van der Waals surface area contributed by atoms with Gasteiger partial charge in [-0.3, -0.25) is 4.79 Å². The van der Waals surface area contributed by atoms with Crippen LogP contribution in [0.2, 0.25) is 0 Å². The number of hydrogen-bond acceptors (Lipinski definition) is 8. The van der Waals surface area contributed by atoms with Crippen LogP contribution in [0.4, 0.5) is 0 Å². The highest BCUT2D eigenvalue weighted by Gasteiger charge is 2.24. The molecule has 0 unspecified atom stereocenters. The normalized spacial score (nSPS) is 10.8. The summed E-state index contributed by atoms with van der Waals surface area (Å²) < 4.78 is 41.1. The van der Waals surface area contributed by atoms with Crippen molar-refractivity contribution < 1.29 is 32.8 Å². The standard InChI is InChI=1S/C27H34O8/c1-7-29-18-15-19(30-8-2)23-20(16-18)35-25(27(24(23)28)34-12-6)17-13-21(31-9-3)26(33-11-5)22(14-17)32-10-4/h13-16H,7-12H2,1-6H3. The zero-order valence-corrected chi connectivity index (χ0v) is 21.3. The molecule has 0 aliphatic rings. The highest BCUT2D eigenvalue weighted by atomic mass is 16.5. The lowest BCUT2D eigenvalue weighted by molar-refractivity contribution is 0.261. The molecule has 35 heavy (non-hydrogen) atoms. The molecule has 190 valence electrons. The van der Waals surface area contributed by atoms with Gasteiger partial charge in [0, 0.05) is 17.7 Å². The molecule has 0 spiro atoms. The maximum atomic E-state index is 13.7. The van der Waals surface area contributed by atoms with E-state index >= 15 is 0 Å². The van der Waals surface area contributed by atoms with Gasteiger partial charge in [0.25, 0.3) is 0 Å². The van der Waals surface area contributed by atoms with E-state index in [1.807, 2.05) is 41.5 Å². The van der Waals surface area contributed by atoms with Crippen LogP contribution in [0.25, 0.3) is 22.3 Å². The highest BCUT2D eigenvalue weighted by molar-refractivity contribution is 5.89. The van der Waals surface area contributed by atoms with Crippen LogP contribution < -0.4 is 33.8 Å². The van der Waals surface area contributed by atoms with Gasteiger partial charge in [0.1, 0.15) is 22.5 Å². The van der Waals surface area contributed by atoms with Gasteiger partial charge in [-0.2, -0.15) is 0 Å². The largest absolute Gasteiger partial charge is 0.494 e. The fourth-order valence-corrected chi connectivity index (χ4v) is 3.75. The van der Waals surface area contributed by atoms with Crippen molar-refractivity contribution >= 4 is 11.0 Å². The van der Waals surface area contributed by atoms with Gasteiger partial charge in [0.2, 0.25) is 16.9 Å². The van der Waals surface area contributed by atoms with Crippen molar-refractivity contribution in [1.29, 1.82) is 0 Å². The molecule has 0 saturated heterocycles. The molecule has 0 bridgehead atoms. The number of rotatable bonds is 13. The molecular formula is C27H34O8. The van der Waals surface area contributed by atoms with E-state index in [0.29, 0.717) is 78.3 Å². The molecule has 2 aromatic carbocycles. The van der Waals surface area contributed by atoms with Gasteiger partial charge >= 0.3 is 0 Å². The average Bonchev–Trinajstić information content (AvgIpc) is 2.83. The first-order valence-electron chi connectivity index (χ1n) is 12.1. The van der Waals surface area contributed by atoms with E-state index in [4.69, 9.17) is 32.8 Å². The summed E-state index contributed by atoms with van der Waals surface area (Å²) in [5, 5.41) is 0.295. The molecule has 0 saturated carbocycles. The molecular weight excluding hydrogens is 452 g/mol. The van der Waals surface area contributed by atoms with Crippen LogP contribution in [0, 0.1) is 0 Å². The lowest BCUT2D eigenvalue weighted by atomic mass is 10.1. The fourth-order valence-electron chi connectivity index (χ4n) is 3.75. The molecule has 1 heterocycles. The first-order chi connectivity index (χ1) is 17.0. The van der Waals surface area contributed by atoms with Crippen LogP contribution in [-0.4, -0.2) is 39.6 Å². The van der Waals surface area contributed by atoms with Crippen molar-refractivity contribution in [2.75, 3.05) is 39.6 Å². The van der Waals surface area contributed by atoms with Gasteiger partial charge in [-0.05, 0) is 53.7 Å². The summed E-state index contributed by atoms with van der Waals surface area (Å²) in [6.07, 6.45) is 0. The van der Waals surface area contributed by atoms with Crippen LogP contribution in [-0.2, 0) is 0 Å². The average molecular weight is 487 g/mol. The van der Waals surface area contributed by atoms with E-state index < -0.39 is 0 Å². The summed E-state index contributed by atoms with van der Waals surface area (Å²) >= 11 is 0. The van der Waals surface area contributed by atoms with Crippen LogP contribution >= 0.6 is 0 Å². The van der Waals surface area contributed by atoms with Crippen molar-refractivity contribution in [3.63, 3.8) is 0 Å². The molecule has 0 aliphatic heterocycles. The molecule has 0 amide bonds. The molecule has 0 atom stereocenters. The van der Waals surface area contributed by atoms with Crippen molar-refractivity contribution in [3.05, 3.63) is 34.5 Å². The second-order valence-corrected chi connectivity index (χ2v) is 7.28. The lowest BCUT2D eigenvalue weighted by Crippen LogP contribution is -2.12. The van der Waals surface area contributed by atoms with Gasteiger partial charge < -0.3 is 32.8 Å². The monoisotopic (exact) mass is 486 g/mol. The summed E-state index contributed by atoms with van der Waals surface area (Å²) in [5.41, 5.74) is 0.551. The maximum Gasteiger partial charge on any atom is 0.239 e. The van der Waals surface area contributed by atoms with Gasteiger partial charge in [-0.25, -0.2) is 0 Å². The van der Waals surface area contributed by atoms with Crippen LogP contribution in [0.3, 0.4) is 0 Å². The summed E-state index contributed by atoms with van der Waals surface area (Å²) in [6, 6.07) is 6.90. The Balaban J connectivity index is 2.37. The first-order valence-corrected chi connectivity index (χ1v) is 12.1. The van der Waals surface area contributed by atoms with E-state index in [2.05, 4.69) is 0 Å². The second kappa shape index (κ2) is 12.2. The second-order valence-electron chi connectivity index (χ2n) is 7.28. The van der Waals surface area contributed by atoms with Gasteiger partial charge in [-0.15, -0.1) is 0 Å². The molecule has 8 heteroatoms. The topological polar surface area (TPSA) is 85.6 Å². The number of ether oxygens (including phenoxy) is 6. The van der Waals surface area contributed by atoms with Crippen LogP contribution in [0.5, 0.6) is 34.5 Å². The third-order valence-electron chi connectivity index (χ3n) is 4.96. The molecule has 0 aliphatic carbocycles. The zero-order chi connectivity index (χ0) is 25.4. The summed E-state index contributed by atoms with van der Waals surface area (Å²) in [5.74, 6) is 2.73. The minimum atomic E-state index is -0.334. The Hall–Kier alpha value is -3.55. The van der Waals surface area contributed by atoms with Crippen molar-refractivity contribution in [3.8, 4) is 45.8 Å². The fraction of sp³-hybridized carbons (Fsp3) is 0.444. The van der Waals surface area contributed by atoms with E-state index in [0.717, 1.165) is 0 Å². The Morgan fingerprint density at radius 2 is 1.11 bits per heavy atom. The highest BCUT2D eigenvalue weighted by Crippen LogP contribution is 2.44. The third-order valence-corrected chi connectivity index (χ3v) is 4.96. The minimum Gasteiger partial charge on any atom is -0.494 e. The first kappa shape index (κ1) is 26.1. The molecule has 0 radical (unpaired) electrons. The molecule has 8 nitrogen and oxygen atoms in total. The van der Waals surface area contributed by atoms with E-state index in [9.17, 15) is 4.79 Å². The SMILES string of the molecule is CCOc1cc(OCC)c2c(=O)c(OCC)c(-c3cc(OCC)c(OCC)c(OCC)c3)oc2c1.